The number of rotatable bonds is 1. The van der Waals surface area contributed by atoms with Gasteiger partial charge in [-0.1, -0.05) is 6.92 Å². The van der Waals surface area contributed by atoms with E-state index < -0.39 is 0 Å². The molecule has 86 valence electrons. The molecular weight excluding hydrogens is 190 g/mol. The number of hydrogen-bond donors (Lipinski definition) is 1. The molecule has 0 radical (unpaired) electrons. The molecule has 1 heterocycles. The van der Waals surface area contributed by atoms with Crippen LogP contribution in [0.5, 0.6) is 0 Å². The molecule has 3 atom stereocenters. The van der Waals surface area contributed by atoms with E-state index in [1.54, 1.807) is 0 Å². The Kier molecular flexibility index (Phi) is 3.42. The van der Waals surface area contributed by atoms with E-state index in [2.05, 4.69) is 11.8 Å². The maximum atomic E-state index is 11.4. The van der Waals surface area contributed by atoms with Crippen molar-refractivity contribution in [2.24, 2.45) is 5.92 Å². The summed E-state index contributed by atoms with van der Waals surface area (Å²) < 4.78 is 0. The lowest BCUT2D eigenvalue weighted by Crippen LogP contribution is -2.49. The van der Waals surface area contributed by atoms with Gasteiger partial charge in [0.15, 0.2) is 0 Å². The van der Waals surface area contributed by atoms with Gasteiger partial charge in [-0.2, -0.15) is 0 Å². The van der Waals surface area contributed by atoms with Gasteiger partial charge in [-0.05, 0) is 25.2 Å². The molecule has 1 N–H and O–H groups in total. The average Bonchev–Trinajstić information content (AvgIpc) is 2.16. The van der Waals surface area contributed by atoms with Gasteiger partial charge in [-0.15, -0.1) is 0 Å². The average molecular weight is 211 g/mol. The first-order chi connectivity index (χ1) is 7.15. The molecule has 0 spiro atoms. The van der Waals surface area contributed by atoms with E-state index in [-0.39, 0.29) is 6.10 Å². The maximum Gasteiger partial charge on any atom is 0.134 e. The van der Waals surface area contributed by atoms with Crippen LogP contribution < -0.4 is 0 Å². The molecule has 1 saturated heterocycles. The topological polar surface area (TPSA) is 40.5 Å². The van der Waals surface area contributed by atoms with Crippen molar-refractivity contribution in [1.29, 1.82) is 0 Å². The fourth-order valence-electron chi connectivity index (χ4n) is 2.97. The zero-order valence-electron chi connectivity index (χ0n) is 9.48. The lowest BCUT2D eigenvalue weighted by Gasteiger charge is -2.40. The third-order valence-electron chi connectivity index (χ3n) is 3.64. The summed E-state index contributed by atoms with van der Waals surface area (Å²) in [7, 11) is 0. The van der Waals surface area contributed by atoms with Gasteiger partial charge >= 0.3 is 0 Å². The SMILES string of the molecule is C[C@@H]1C[C@H](O)CN(C2CCCC(=O)C2)C1. The Morgan fingerprint density at radius 1 is 1.40 bits per heavy atom. The molecule has 3 heteroatoms. The van der Waals surface area contributed by atoms with E-state index in [4.69, 9.17) is 0 Å². The second-order valence-corrected chi connectivity index (χ2v) is 5.24. The summed E-state index contributed by atoms with van der Waals surface area (Å²) in [5, 5.41) is 9.72. The minimum atomic E-state index is -0.189. The van der Waals surface area contributed by atoms with Crippen LogP contribution in [0.4, 0.5) is 0 Å². The van der Waals surface area contributed by atoms with Crippen molar-refractivity contribution in [3.63, 3.8) is 0 Å². The highest BCUT2D eigenvalue weighted by atomic mass is 16.3. The number of likely N-dealkylation sites (tertiary alicyclic amines) is 1. The van der Waals surface area contributed by atoms with Crippen molar-refractivity contribution in [3.8, 4) is 0 Å². The molecule has 1 aliphatic heterocycles. The molecule has 1 unspecified atom stereocenters. The minimum absolute atomic E-state index is 0.189. The summed E-state index contributed by atoms with van der Waals surface area (Å²) in [5.74, 6) is 0.963. The van der Waals surface area contributed by atoms with Crippen molar-refractivity contribution >= 4 is 5.78 Å². The summed E-state index contributed by atoms with van der Waals surface area (Å²) in [6.45, 7) is 4.00. The lowest BCUT2D eigenvalue weighted by atomic mass is 9.89. The molecule has 0 bridgehead atoms. The number of aliphatic hydroxyl groups is 1. The molecule has 15 heavy (non-hydrogen) atoms. The first kappa shape index (κ1) is 11.1. The summed E-state index contributed by atoms with van der Waals surface area (Å²) in [5.41, 5.74) is 0. The Bertz CT molecular complexity index is 232. The zero-order valence-corrected chi connectivity index (χ0v) is 9.48. The number of β-amino-alcohol motifs (C(OH)–C–C–N with tert-alkyl or cyclic N) is 1. The third kappa shape index (κ3) is 2.79. The number of Topliss-reactive ketones (excluding diaryl/α,β-unsaturated/α-hetero) is 1. The molecular formula is C12H21NO2. The maximum absolute atomic E-state index is 11.4. The highest BCUT2D eigenvalue weighted by molar-refractivity contribution is 5.79. The molecule has 0 aromatic rings. The summed E-state index contributed by atoms with van der Waals surface area (Å²) in [6.07, 6.45) is 4.36. The van der Waals surface area contributed by atoms with Crippen LogP contribution in [0, 0.1) is 5.92 Å². The van der Waals surface area contributed by atoms with Crippen LogP contribution in [0.3, 0.4) is 0 Å². The summed E-state index contributed by atoms with van der Waals surface area (Å²) in [6, 6.07) is 0.406. The van der Waals surface area contributed by atoms with E-state index in [1.165, 1.54) is 0 Å². The van der Waals surface area contributed by atoms with E-state index >= 15 is 0 Å². The van der Waals surface area contributed by atoms with Crippen LogP contribution in [0.25, 0.3) is 0 Å². The molecule has 1 aliphatic carbocycles. The summed E-state index contributed by atoms with van der Waals surface area (Å²) in [4.78, 5) is 13.7. The van der Waals surface area contributed by atoms with Gasteiger partial charge in [0.1, 0.15) is 5.78 Å². The van der Waals surface area contributed by atoms with Gasteiger partial charge in [-0.25, -0.2) is 0 Å². The number of nitrogens with zero attached hydrogens (tertiary/aromatic N) is 1. The fourth-order valence-corrected chi connectivity index (χ4v) is 2.97. The van der Waals surface area contributed by atoms with Crippen LogP contribution in [0.2, 0.25) is 0 Å². The Labute approximate surface area is 91.5 Å². The van der Waals surface area contributed by atoms with E-state index in [0.29, 0.717) is 24.2 Å². The first-order valence-electron chi connectivity index (χ1n) is 6.09. The normalized spacial score (nSPS) is 39.3. The van der Waals surface area contributed by atoms with Crippen molar-refractivity contribution in [1.82, 2.24) is 4.90 Å². The second kappa shape index (κ2) is 4.62. The monoisotopic (exact) mass is 211 g/mol. The van der Waals surface area contributed by atoms with E-state index in [1.807, 2.05) is 0 Å². The van der Waals surface area contributed by atoms with Crippen molar-refractivity contribution < 1.29 is 9.90 Å². The second-order valence-electron chi connectivity index (χ2n) is 5.24. The smallest absolute Gasteiger partial charge is 0.134 e. The quantitative estimate of drug-likeness (QED) is 0.708. The molecule has 0 aromatic carbocycles. The molecule has 1 saturated carbocycles. The molecule has 3 nitrogen and oxygen atoms in total. The van der Waals surface area contributed by atoms with Gasteiger partial charge in [-0.3, -0.25) is 9.69 Å². The van der Waals surface area contributed by atoms with Gasteiger partial charge in [0.2, 0.25) is 0 Å². The highest BCUT2D eigenvalue weighted by Crippen LogP contribution is 2.25. The highest BCUT2D eigenvalue weighted by Gasteiger charge is 2.31. The van der Waals surface area contributed by atoms with E-state index in [0.717, 1.165) is 38.8 Å². The van der Waals surface area contributed by atoms with Crippen LogP contribution in [-0.4, -0.2) is 41.0 Å². The Morgan fingerprint density at radius 2 is 2.20 bits per heavy atom. The predicted octanol–water partition coefficient (Wildman–Crippen LogP) is 1.20. The Balaban J connectivity index is 1.93. The van der Waals surface area contributed by atoms with Crippen LogP contribution in [0.1, 0.15) is 39.0 Å². The van der Waals surface area contributed by atoms with E-state index in [9.17, 15) is 9.90 Å². The molecule has 2 aliphatic rings. The van der Waals surface area contributed by atoms with Gasteiger partial charge in [0.25, 0.3) is 0 Å². The summed E-state index contributed by atoms with van der Waals surface area (Å²) >= 11 is 0. The third-order valence-corrected chi connectivity index (χ3v) is 3.64. The van der Waals surface area contributed by atoms with Crippen molar-refractivity contribution in [2.45, 2.75) is 51.2 Å². The van der Waals surface area contributed by atoms with Gasteiger partial charge in [0, 0.05) is 32.0 Å². The number of piperidine rings is 1. The predicted molar refractivity (Wildman–Crippen MR) is 58.6 cm³/mol. The largest absolute Gasteiger partial charge is 0.392 e. The fraction of sp³-hybridized carbons (Fsp3) is 0.917. The molecule has 2 rings (SSSR count). The molecule has 0 amide bonds. The van der Waals surface area contributed by atoms with Gasteiger partial charge in [0.05, 0.1) is 6.10 Å². The minimum Gasteiger partial charge on any atom is -0.392 e. The number of carbonyl (C=O) groups excluding carboxylic acids is 1. The van der Waals surface area contributed by atoms with Crippen LogP contribution >= 0.6 is 0 Å². The molecule has 0 aromatic heterocycles. The number of hydrogen-bond acceptors (Lipinski definition) is 3. The number of ketones is 1. The van der Waals surface area contributed by atoms with Crippen LogP contribution in [0.15, 0.2) is 0 Å². The van der Waals surface area contributed by atoms with Crippen molar-refractivity contribution in [2.75, 3.05) is 13.1 Å². The lowest BCUT2D eigenvalue weighted by molar-refractivity contribution is -0.122. The van der Waals surface area contributed by atoms with Gasteiger partial charge < -0.3 is 5.11 Å². The molecule has 2 fully saturated rings. The first-order valence-corrected chi connectivity index (χ1v) is 6.09. The number of carbonyl (C=O) groups is 1. The number of aliphatic hydroxyl groups excluding tert-OH is 1. The Hall–Kier alpha value is -0.410. The van der Waals surface area contributed by atoms with Crippen LogP contribution in [-0.2, 0) is 4.79 Å². The zero-order chi connectivity index (χ0) is 10.8. The standard InChI is InChI=1S/C12H21NO2/c1-9-5-12(15)8-13(7-9)10-3-2-4-11(14)6-10/h9-10,12,15H,2-8H2,1H3/t9-,10?,12+/m1/s1. The Morgan fingerprint density at radius 3 is 2.87 bits per heavy atom. The van der Waals surface area contributed by atoms with Crippen molar-refractivity contribution in [3.05, 3.63) is 0 Å².